The molecular formula is C23H28N6OS. The van der Waals surface area contributed by atoms with Crippen molar-refractivity contribution in [3.8, 4) is 5.75 Å². The van der Waals surface area contributed by atoms with Crippen LogP contribution in [0.5, 0.6) is 5.75 Å². The molecule has 0 saturated heterocycles. The number of imidazole rings is 1. The molecule has 2 aromatic carbocycles. The molecule has 8 heteroatoms. The molecule has 2 heterocycles. The zero-order valence-corrected chi connectivity index (χ0v) is 19.0. The van der Waals surface area contributed by atoms with E-state index in [1.165, 1.54) is 0 Å². The van der Waals surface area contributed by atoms with Gasteiger partial charge in [-0.05, 0) is 69.5 Å². The summed E-state index contributed by atoms with van der Waals surface area (Å²) in [5, 5.41) is 4.41. The van der Waals surface area contributed by atoms with Crippen LogP contribution in [0.15, 0.2) is 42.7 Å². The Kier molecular flexibility index (Phi) is 6.48. The summed E-state index contributed by atoms with van der Waals surface area (Å²) >= 11 is 5.44. The molecule has 0 amide bonds. The molecule has 2 aromatic heterocycles. The van der Waals surface area contributed by atoms with Crippen molar-refractivity contribution in [3.05, 3.63) is 53.1 Å². The van der Waals surface area contributed by atoms with Crippen LogP contribution in [-0.4, -0.2) is 51.7 Å². The second kappa shape index (κ2) is 9.45. The van der Waals surface area contributed by atoms with Gasteiger partial charge in [0.2, 0.25) is 0 Å². The lowest BCUT2D eigenvalue weighted by Gasteiger charge is -2.11. The SMILES string of the molecule is CCn1c(=S)[nH]c2cc3c(NCc4ccc(OCCCN(C)C)cc4)ncnc3cc21. The highest BCUT2D eigenvalue weighted by molar-refractivity contribution is 7.71. The highest BCUT2D eigenvalue weighted by Gasteiger charge is 2.09. The zero-order chi connectivity index (χ0) is 21.8. The molecule has 7 nitrogen and oxygen atoms in total. The molecule has 0 aliphatic carbocycles. The van der Waals surface area contributed by atoms with Crippen LogP contribution >= 0.6 is 12.2 Å². The third-order valence-corrected chi connectivity index (χ3v) is 5.57. The van der Waals surface area contributed by atoms with E-state index in [0.29, 0.717) is 6.54 Å². The van der Waals surface area contributed by atoms with Crippen molar-refractivity contribution < 1.29 is 4.74 Å². The minimum absolute atomic E-state index is 0.664. The van der Waals surface area contributed by atoms with E-state index < -0.39 is 0 Å². The van der Waals surface area contributed by atoms with Gasteiger partial charge >= 0.3 is 0 Å². The van der Waals surface area contributed by atoms with Crippen LogP contribution in [0, 0.1) is 4.77 Å². The number of nitrogens with one attached hydrogen (secondary N) is 2. The first-order valence-corrected chi connectivity index (χ1v) is 10.9. The van der Waals surface area contributed by atoms with Crippen LogP contribution in [0.3, 0.4) is 0 Å². The molecule has 0 unspecified atom stereocenters. The number of aromatic nitrogens is 4. The predicted molar refractivity (Wildman–Crippen MR) is 128 cm³/mol. The first-order chi connectivity index (χ1) is 15.0. The Bertz CT molecular complexity index is 1230. The van der Waals surface area contributed by atoms with Gasteiger partial charge in [-0.3, -0.25) is 0 Å². The first-order valence-electron chi connectivity index (χ1n) is 10.5. The summed E-state index contributed by atoms with van der Waals surface area (Å²) in [6.07, 6.45) is 2.61. The Labute approximate surface area is 187 Å². The van der Waals surface area contributed by atoms with Crippen LogP contribution < -0.4 is 10.1 Å². The lowest BCUT2D eigenvalue weighted by Crippen LogP contribution is -2.15. The van der Waals surface area contributed by atoms with Crippen molar-refractivity contribution in [1.82, 2.24) is 24.4 Å². The van der Waals surface area contributed by atoms with Crippen LogP contribution in [0.4, 0.5) is 5.82 Å². The molecule has 0 saturated carbocycles. The molecule has 0 bridgehead atoms. The molecule has 0 fully saturated rings. The van der Waals surface area contributed by atoms with Crippen LogP contribution in [0.25, 0.3) is 21.9 Å². The number of aromatic amines is 1. The number of rotatable bonds is 9. The fraction of sp³-hybridized carbons (Fsp3) is 0.348. The molecule has 2 N–H and O–H groups in total. The summed E-state index contributed by atoms with van der Waals surface area (Å²) in [5.74, 6) is 1.70. The van der Waals surface area contributed by atoms with Gasteiger partial charge < -0.3 is 24.5 Å². The maximum atomic E-state index is 5.81. The fourth-order valence-electron chi connectivity index (χ4n) is 3.62. The third-order valence-electron chi connectivity index (χ3n) is 5.25. The number of anilines is 1. The Morgan fingerprint density at radius 3 is 2.71 bits per heavy atom. The van der Waals surface area contributed by atoms with Crippen molar-refractivity contribution in [2.75, 3.05) is 32.6 Å². The van der Waals surface area contributed by atoms with Gasteiger partial charge in [-0.15, -0.1) is 0 Å². The van der Waals surface area contributed by atoms with Gasteiger partial charge in [0.15, 0.2) is 4.77 Å². The lowest BCUT2D eigenvalue weighted by atomic mass is 10.2. The van der Waals surface area contributed by atoms with Crippen LogP contribution in [0.1, 0.15) is 18.9 Å². The standard InChI is InChI=1S/C23H28N6OS/c1-4-29-21-13-19-18(12-20(21)27-23(29)31)22(26-15-25-19)24-14-16-6-8-17(9-7-16)30-11-5-10-28(2)3/h6-9,12-13,15H,4-5,10-11,14H2,1-3H3,(H,27,31)(H,24,25,26). The van der Waals surface area contributed by atoms with Gasteiger partial charge in [-0.2, -0.15) is 0 Å². The number of fused-ring (bicyclic) bond motifs is 2. The van der Waals surface area contributed by atoms with Crippen molar-refractivity contribution >= 4 is 40.0 Å². The second-order valence-electron chi connectivity index (χ2n) is 7.79. The minimum atomic E-state index is 0.664. The Morgan fingerprint density at radius 2 is 1.97 bits per heavy atom. The molecule has 4 aromatic rings. The van der Waals surface area contributed by atoms with Gasteiger partial charge in [0.05, 0.1) is 23.2 Å². The van der Waals surface area contributed by atoms with Gasteiger partial charge in [0, 0.05) is 25.0 Å². The van der Waals surface area contributed by atoms with E-state index in [2.05, 4.69) is 75.0 Å². The fourth-order valence-corrected chi connectivity index (χ4v) is 3.96. The third kappa shape index (κ3) is 4.86. The maximum Gasteiger partial charge on any atom is 0.178 e. The first kappa shape index (κ1) is 21.3. The van der Waals surface area contributed by atoms with Crippen molar-refractivity contribution in [2.24, 2.45) is 0 Å². The maximum absolute atomic E-state index is 5.81. The molecular weight excluding hydrogens is 408 g/mol. The van der Waals surface area contributed by atoms with Gasteiger partial charge in [-0.25, -0.2) is 9.97 Å². The highest BCUT2D eigenvalue weighted by atomic mass is 32.1. The molecule has 0 atom stereocenters. The molecule has 31 heavy (non-hydrogen) atoms. The number of hydrogen-bond acceptors (Lipinski definition) is 6. The van der Waals surface area contributed by atoms with E-state index in [0.717, 1.165) is 70.0 Å². The molecule has 0 radical (unpaired) electrons. The topological polar surface area (TPSA) is 71.0 Å². The zero-order valence-electron chi connectivity index (χ0n) is 18.2. The van der Waals surface area contributed by atoms with E-state index in [1.54, 1.807) is 6.33 Å². The van der Waals surface area contributed by atoms with Crippen molar-refractivity contribution in [2.45, 2.75) is 26.4 Å². The summed E-state index contributed by atoms with van der Waals surface area (Å²) in [7, 11) is 4.14. The molecule has 162 valence electrons. The number of nitrogens with zero attached hydrogens (tertiary/aromatic N) is 4. The summed E-state index contributed by atoms with van der Waals surface area (Å²) < 4.78 is 8.61. The predicted octanol–water partition coefficient (Wildman–Crippen LogP) is 4.60. The average Bonchev–Trinajstić information content (AvgIpc) is 3.08. The number of hydrogen-bond donors (Lipinski definition) is 2. The molecule has 0 aliphatic rings. The number of H-pyrrole nitrogens is 1. The monoisotopic (exact) mass is 436 g/mol. The average molecular weight is 437 g/mol. The summed E-state index contributed by atoms with van der Waals surface area (Å²) in [5.41, 5.74) is 4.10. The molecule has 0 spiro atoms. The molecule has 0 aliphatic heterocycles. The van der Waals surface area contributed by atoms with E-state index in [-0.39, 0.29) is 0 Å². The summed E-state index contributed by atoms with van der Waals surface area (Å²) in [6, 6.07) is 12.3. The van der Waals surface area contributed by atoms with E-state index in [9.17, 15) is 0 Å². The van der Waals surface area contributed by atoms with Gasteiger partial charge in [0.1, 0.15) is 17.9 Å². The normalized spacial score (nSPS) is 11.5. The van der Waals surface area contributed by atoms with E-state index in [4.69, 9.17) is 17.0 Å². The van der Waals surface area contributed by atoms with E-state index >= 15 is 0 Å². The van der Waals surface area contributed by atoms with E-state index in [1.807, 2.05) is 12.1 Å². The highest BCUT2D eigenvalue weighted by Crippen LogP contribution is 2.26. The number of aryl methyl sites for hydroxylation is 1. The number of benzene rings is 2. The lowest BCUT2D eigenvalue weighted by molar-refractivity contribution is 0.281. The number of ether oxygens (including phenoxy) is 1. The Morgan fingerprint density at radius 1 is 1.16 bits per heavy atom. The summed E-state index contributed by atoms with van der Waals surface area (Å²) in [6.45, 7) is 5.31. The Balaban J connectivity index is 1.46. The van der Waals surface area contributed by atoms with Crippen molar-refractivity contribution in [1.29, 1.82) is 0 Å². The van der Waals surface area contributed by atoms with Gasteiger partial charge in [-0.1, -0.05) is 12.1 Å². The second-order valence-corrected chi connectivity index (χ2v) is 8.17. The van der Waals surface area contributed by atoms with Crippen LogP contribution in [-0.2, 0) is 13.1 Å². The minimum Gasteiger partial charge on any atom is -0.494 e. The van der Waals surface area contributed by atoms with Crippen LogP contribution in [0.2, 0.25) is 0 Å². The summed E-state index contributed by atoms with van der Waals surface area (Å²) in [4.78, 5) is 14.4. The largest absolute Gasteiger partial charge is 0.494 e. The smallest absolute Gasteiger partial charge is 0.178 e. The Hall–Kier alpha value is -2.97. The van der Waals surface area contributed by atoms with Crippen molar-refractivity contribution in [3.63, 3.8) is 0 Å². The van der Waals surface area contributed by atoms with Gasteiger partial charge in [0.25, 0.3) is 0 Å². The quantitative estimate of drug-likeness (QED) is 0.295. The molecule has 4 rings (SSSR count).